The van der Waals surface area contributed by atoms with Crippen molar-refractivity contribution in [3.05, 3.63) is 78.9 Å². The zero-order valence-electron chi connectivity index (χ0n) is 14.3. The minimum atomic E-state index is -0.171. The number of aromatic nitrogens is 2. The fraction of sp³-hybridized carbons (Fsp3) is 0.150. The number of urea groups is 1. The van der Waals surface area contributed by atoms with Crippen LogP contribution in [0.3, 0.4) is 0 Å². The topological polar surface area (TPSA) is 58.1 Å². The molecule has 25 heavy (non-hydrogen) atoms. The largest absolute Gasteiger partial charge is 0.322 e. The Balaban J connectivity index is 1.76. The highest BCUT2D eigenvalue weighted by Gasteiger charge is 2.18. The van der Waals surface area contributed by atoms with Gasteiger partial charge >= 0.3 is 6.03 Å². The molecule has 0 radical (unpaired) electrons. The van der Waals surface area contributed by atoms with Crippen LogP contribution in [0.2, 0.25) is 0 Å². The van der Waals surface area contributed by atoms with Crippen molar-refractivity contribution in [1.82, 2.24) is 14.9 Å². The first-order valence-electron chi connectivity index (χ1n) is 8.09. The van der Waals surface area contributed by atoms with E-state index in [1.165, 1.54) is 0 Å². The summed E-state index contributed by atoms with van der Waals surface area (Å²) in [5.74, 6) is 0. The van der Waals surface area contributed by atoms with Crippen molar-refractivity contribution >= 4 is 11.7 Å². The fourth-order valence-corrected chi connectivity index (χ4v) is 2.57. The molecule has 2 heterocycles. The standard InChI is InChI=1S/C20H20N4O/c1-15(24(2)20(25)23-19-7-4-10-22-14-19)17-5-3-6-18(13-17)16-8-11-21-12-9-16/h3-15H,1-2H3,(H,23,25). The smallest absolute Gasteiger partial charge is 0.321 e. The molecule has 0 saturated heterocycles. The van der Waals surface area contributed by atoms with E-state index in [9.17, 15) is 4.79 Å². The minimum absolute atomic E-state index is 0.0709. The van der Waals surface area contributed by atoms with Gasteiger partial charge in [-0.25, -0.2) is 4.79 Å². The van der Waals surface area contributed by atoms with Gasteiger partial charge in [0.25, 0.3) is 0 Å². The Bertz CT molecular complexity index is 837. The van der Waals surface area contributed by atoms with Gasteiger partial charge in [-0.05, 0) is 53.9 Å². The summed E-state index contributed by atoms with van der Waals surface area (Å²) in [6, 6.07) is 15.5. The second-order valence-electron chi connectivity index (χ2n) is 5.82. The maximum absolute atomic E-state index is 12.5. The van der Waals surface area contributed by atoms with Crippen LogP contribution >= 0.6 is 0 Å². The maximum Gasteiger partial charge on any atom is 0.322 e. The number of amides is 2. The number of pyridine rings is 2. The fourth-order valence-electron chi connectivity index (χ4n) is 2.57. The molecule has 0 aliphatic heterocycles. The zero-order chi connectivity index (χ0) is 17.6. The Morgan fingerprint density at radius 3 is 2.52 bits per heavy atom. The predicted octanol–water partition coefficient (Wildman–Crippen LogP) is 4.37. The van der Waals surface area contributed by atoms with Crippen molar-refractivity contribution in [3.63, 3.8) is 0 Å². The molecule has 5 nitrogen and oxygen atoms in total. The first-order valence-corrected chi connectivity index (χ1v) is 8.09. The van der Waals surface area contributed by atoms with Crippen molar-refractivity contribution in [2.45, 2.75) is 13.0 Å². The van der Waals surface area contributed by atoms with Gasteiger partial charge < -0.3 is 10.2 Å². The summed E-state index contributed by atoms with van der Waals surface area (Å²) in [6.07, 6.45) is 6.85. The average Bonchev–Trinajstić information content (AvgIpc) is 2.68. The average molecular weight is 332 g/mol. The highest BCUT2D eigenvalue weighted by atomic mass is 16.2. The van der Waals surface area contributed by atoms with E-state index in [0.29, 0.717) is 5.69 Å². The van der Waals surface area contributed by atoms with Crippen molar-refractivity contribution in [1.29, 1.82) is 0 Å². The second-order valence-corrected chi connectivity index (χ2v) is 5.82. The van der Waals surface area contributed by atoms with Gasteiger partial charge in [0.2, 0.25) is 0 Å². The van der Waals surface area contributed by atoms with Gasteiger partial charge in [-0.2, -0.15) is 0 Å². The highest BCUT2D eigenvalue weighted by molar-refractivity contribution is 5.89. The number of benzene rings is 1. The van der Waals surface area contributed by atoms with Crippen LogP contribution in [0.4, 0.5) is 10.5 Å². The van der Waals surface area contributed by atoms with Gasteiger partial charge in [0.15, 0.2) is 0 Å². The van der Waals surface area contributed by atoms with Crippen LogP contribution in [0.25, 0.3) is 11.1 Å². The lowest BCUT2D eigenvalue weighted by molar-refractivity contribution is 0.208. The molecule has 0 aliphatic carbocycles. The van der Waals surface area contributed by atoms with Crippen LogP contribution in [-0.4, -0.2) is 27.9 Å². The third-order valence-corrected chi connectivity index (χ3v) is 4.20. The van der Waals surface area contributed by atoms with Crippen LogP contribution in [0.1, 0.15) is 18.5 Å². The Morgan fingerprint density at radius 1 is 1.00 bits per heavy atom. The first-order chi connectivity index (χ1) is 12.1. The molecule has 2 aromatic heterocycles. The molecule has 0 fully saturated rings. The SMILES string of the molecule is CC(c1cccc(-c2ccncc2)c1)N(C)C(=O)Nc1cccnc1. The monoisotopic (exact) mass is 332 g/mol. The third kappa shape index (κ3) is 4.01. The molecular formula is C20H20N4O. The number of hydrogen-bond acceptors (Lipinski definition) is 3. The summed E-state index contributed by atoms with van der Waals surface area (Å²) >= 11 is 0. The van der Waals surface area contributed by atoms with Gasteiger partial charge in [-0.1, -0.05) is 18.2 Å². The van der Waals surface area contributed by atoms with Gasteiger partial charge in [0, 0.05) is 25.6 Å². The predicted molar refractivity (Wildman–Crippen MR) is 99.1 cm³/mol. The molecule has 1 atom stereocenters. The summed E-state index contributed by atoms with van der Waals surface area (Å²) < 4.78 is 0. The summed E-state index contributed by atoms with van der Waals surface area (Å²) in [4.78, 5) is 22.2. The minimum Gasteiger partial charge on any atom is -0.321 e. The number of nitrogens with one attached hydrogen (secondary N) is 1. The number of hydrogen-bond donors (Lipinski definition) is 1. The van der Waals surface area contributed by atoms with Crippen molar-refractivity contribution < 1.29 is 4.79 Å². The van der Waals surface area contributed by atoms with Crippen LogP contribution in [0, 0.1) is 0 Å². The molecule has 0 spiro atoms. The van der Waals surface area contributed by atoms with Gasteiger partial charge in [0.1, 0.15) is 0 Å². The summed E-state index contributed by atoms with van der Waals surface area (Å²) in [5.41, 5.74) is 3.95. The number of carbonyl (C=O) groups excluding carboxylic acids is 1. The highest BCUT2D eigenvalue weighted by Crippen LogP contribution is 2.25. The Kier molecular flexibility index (Phi) is 5.04. The van der Waals surface area contributed by atoms with Crippen LogP contribution < -0.4 is 5.32 Å². The number of carbonyl (C=O) groups is 1. The van der Waals surface area contributed by atoms with Crippen LogP contribution in [0.15, 0.2) is 73.3 Å². The molecule has 0 saturated carbocycles. The van der Waals surface area contributed by atoms with E-state index >= 15 is 0 Å². The third-order valence-electron chi connectivity index (χ3n) is 4.20. The molecule has 1 N–H and O–H groups in total. The van der Waals surface area contributed by atoms with Crippen molar-refractivity contribution in [3.8, 4) is 11.1 Å². The second kappa shape index (κ2) is 7.57. The molecule has 5 heteroatoms. The molecular weight excluding hydrogens is 312 g/mol. The van der Waals surface area contributed by atoms with Gasteiger partial charge in [-0.15, -0.1) is 0 Å². The molecule has 2 amide bonds. The Hall–Kier alpha value is -3.21. The lowest BCUT2D eigenvalue weighted by Crippen LogP contribution is -2.33. The lowest BCUT2D eigenvalue weighted by Gasteiger charge is -2.26. The summed E-state index contributed by atoms with van der Waals surface area (Å²) in [7, 11) is 1.79. The molecule has 3 aromatic rings. The summed E-state index contributed by atoms with van der Waals surface area (Å²) in [5, 5.41) is 2.85. The van der Waals surface area contributed by atoms with Gasteiger partial charge in [-0.3, -0.25) is 9.97 Å². The maximum atomic E-state index is 12.5. The molecule has 3 rings (SSSR count). The molecule has 0 aliphatic rings. The van der Waals surface area contributed by atoms with E-state index in [2.05, 4.69) is 27.4 Å². The van der Waals surface area contributed by atoms with E-state index in [0.717, 1.165) is 16.7 Å². The van der Waals surface area contributed by atoms with Crippen LogP contribution in [-0.2, 0) is 0 Å². The Morgan fingerprint density at radius 2 is 1.80 bits per heavy atom. The lowest BCUT2D eigenvalue weighted by atomic mass is 10.0. The van der Waals surface area contributed by atoms with E-state index in [-0.39, 0.29) is 12.1 Å². The van der Waals surface area contributed by atoms with E-state index in [4.69, 9.17) is 0 Å². The van der Waals surface area contributed by atoms with E-state index < -0.39 is 0 Å². The zero-order valence-corrected chi connectivity index (χ0v) is 14.3. The molecule has 0 bridgehead atoms. The summed E-state index contributed by atoms with van der Waals surface area (Å²) in [6.45, 7) is 2.01. The van der Waals surface area contributed by atoms with Gasteiger partial charge in [0.05, 0.1) is 17.9 Å². The normalized spacial score (nSPS) is 11.6. The van der Waals surface area contributed by atoms with Crippen molar-refractivity contribution in [2.75, 3.05) is 12.4 Å². The van der Waals surface area contributed by atoms with E-state index in [1.54, 1.807) is 42.8 Å². The number of rotatable bonds is 4. The van der Waals surface area contributed by atoms with Crippen LogP contribution in [0.5, 0.6) is 0 Å². The number of nitrogens with zero attached hydrogens (tertiary/aromatic N) is 3. The number of anilines is 1. The Labute approximate surface area is 147 Å². The molecule has 1 unspecified atom stereocenters. The molecule has 1 aromatic carbocycles. The first kappa shape index (κ1) is 16.6. The van der Waals surface area contributed by atoms with E-state index in [1.807, 2.05) is 37.3 Å². The molecule has 126 valence electrons. The quantitative estimate of drug-likeness (QED) is 0.772. The van der Waals surface area contributed by atoms with Crippen molar-refractivity contribution in [2.24, 2.45) is 0 Å².